The summed E-state index contributed by atoms with van der Waals surface area (Å²) >= 11 is 12.6. The van der Waals surface area contributed by atoms with Crippen LogP contribution in [0.25, 0.3) is 130 Å². The Labute approximate surface area is 554 Å². The molecule has 0 amide bonds. The molecule has 0 radical (unpaired) electrons. The Morgan fingerprint density at radius 1 is 0.348 bits per heavy atom. The van der Waals surface area contributed by atoms with Crippen LogP contribution in [-0.2, 0) is 54.6 Å². The normalized spacial score (nSPS) is 12.0. The number of benzene rings is 12. The lowest BCUT2D eigenvalue weighted by Gasteiger charge is -2.33. The molecule has 15 aromatic rings. The third-order valence-corrected chi connectivity index (χ3v) is 29.1. The van der Waals surface area contributed by atoms with Crippen LogP contribution in [-0.4, -0.2) is 70.8 Å². The summed E-state index contributed by atoms with van der Waals surface area (Å²) in [5.74, 6) is 0.768. The van der Waals surface area contributed by atoms with Gasteiger partial charge in [0.05, 0.1) is 33.1 Å². The lowest BCUT2D eigenvalue weighted by atomic mass is 9.98. The van der Waals surface area contributed by atoms with E-state index in [-0.39, 0.29) is 0 Å². The molecular weight excluding hydrogens is 1240 g/mol. The first-order valence-electron chi connectivity index (χ1n) is 32.2. The molecule has 15 rings (SSSR count). The summed E-state index contributed by atoms with van der Waals surface area (Å²) in [4.78, 5) is 0. The number of nitrogens with zero attached hydrogens (tertiary/aromatic N) is 7. The van der Waals surface area contributed by atoms with Gasteiger partial charge in [0.25, 0.3) is 0 Å². The van der Waals surface area contributed by atoms with Crippen LogP contribution in [0.5, 0.6) is 0 Å². The van der Waals surface area contributed by atoms with Crippen molar-refractivity contribution in [2.75, 3.05) is 32.1 Å². The number of hydrogen-bond acceptors (Lipinski definition) is 2. The fourth-order valence-electron chi connectivity index (χ4n) is 14.3. The highest BCUT2D eigenvalue weighted by Gasteiger charge is 2.22. The summed E-state index contributed by atoms with van der Waals surface area (Å²) in [7, 11) is 10.0. The molecule has 14 heteroatoms. The second kappa shape index (κ2) is 26.9. The number of hydrogen-bond donors (Lipinski definition) is 1. The molecule has 3 heterocycles. The van der Waals surface area contributed by atoms with Crippen molar-refractivity contribution < 1.29 is 0 Å². The van der Waals surface area contributed by atoms with E-state index in [2.05, 4.69) is 323 Å². The van der Waals surface area contributed by atoms with Gasteiger partial charge in [0.1, 0.15) is 15.4 Å². The van der Waals surface area contributed by atoms with Gasteiger partial charge in [0.2, 0.25) is 0 Å². The zero-order chi connectivity index (χ0) is 63.9. The maximum absolute atomic E-state index is 6.90. The zero-order valence-electron chi connectivity index (χ0n) is 54.7. The Hall–Kier alpha value is -7.38. The first-order chi connectivity index (χ1) is 44.7. The number of alkyl halides is 1. The van der Waals surface area contributed by atoms with Crippen molar-refractivity contribution >= 4 is 184 Å². The van der Waals surface area contributed by atoms with Crippen LogP contribution in [0.3, 0.4) is 0 Å². The standard InChI is InChI=1S/C48H45N5P2.C22H18ClN2P.C8H20ClNSi/c1-50-41-25-21-33-13-5-9-17-37(33)45(41)46-38-18-10-6-14-34(38)22-26-42(46)51(2)54(50)31-29-49-30-32-55-52(3)43-27-23-35-15-7-11-19-39(35)47(43)48-40-20-12-8-16-36(40)24-28-44(48)53(55)4;1-24-19-13-11-15-7-3-5-9-17(15)21(19)22-18-10-6-4-8-16(18)12-14-20(22)25(2)26(24)23;1-5-7-10(8-6-9)11(2,3)4/h5-28,49H,29-32H2,1-4H3;3-14H,1-2H3;5-8H2,1-4H3. The lowest BCUT2D eigenvalue weighted by molar-refractivity contribution is 0.446. The molecule has 0 bridgehead atoms. The Morgan fingerprint density at radius 2 is 0.587 bits per heavy atom. The van der Waals surface area contributed by atoms with Crippen molar-refractivity contribution in [1.29, 1.82) is 0 Å². The Balaban J connectivity index is 0.000000171. The molecule has 0 aliphatic rings. The van der Waals surface area contributed by atoms with Gasteiger partial charge in [0.15, 0.2) is 0 Å². The second-order valence-corrected chi connectivity index (χ2v) is 38.0. The van der Waals surface area contributed by atoms with E-state index in [0.717, 1.165) is 37.8 Å². The molecule has 0 unspecified atom stereocenters. The molecule has 0 fully saturated rings. The van der Waals surface area contributed by atoms with Crippen molar-refractivity contribution in [3.05, 3.63) is 218 Å². The summed E-state index contributed by atoms with van der Waals surface area (Å²) < 4.78 is 17.3. The molecular formula is C78H83Cl2N8P3Si. The molecule has 1 N–H and O–H groups in total. The third-order valence-electron chi connectivity index (χ3n) is 18.9. The second-order valence-electron chi connectivity index (χ2n) is 25.3. The molecule has 3 aromatic heterocycles. The van der Waals surface area contributed by atoms with E-state index in [9.17, 15) is 0 Å². The average molecular weight is 1320 g/mol. The van der Waals surface area contributed by atoms with Gasteiger partial charge in [-0.1, -0.05) is 209 Å². The van der Waals surface area contributed by atoms with Gasteiger partial charge in [-0.05, 0) is 125 Å². The molecule has 8 nitrogen and oxygen atoms in total. The van der Waals surface area contributed by atoms with Crippen LogP contribution in [0, 0.1) is 0 Å². The Morgan fingerprint density at radius 3 is 0.815 bits per heavy atom. The minimum absolute atomic E-state index is 0.673. The van der Waals surface area contributed by atoms with E-state index in [4.69, 9.17) is 22.8 Å². The largest absolute Gasteiger partial charge is 0.323 e. The van der Waals surface area contributed by atoms with E-state index < -0.39 is 31.1 Å². The molecule has 0 saturated carbocycles. The van der Waals surface area contributed by atoms with Crippen LogP contribution >= 0.6 is 45.7 Å². The molecule has 12 aromatic carbocycles. The number of fused-ring (bicyclic) bond motifs is 21. The highest BCUT2D eigenvalue weighted by Crippen LogP contribution is 2.45. The summed E-state index contributed by atoms with van der Waals surface area (Å²) in [5.41, 5.74) is 7.63. The summed E-state index contributed by atoms with van der Waals surface area (Å²) in [6.07, 6.45) is 3.34. The van der Waals surface area contributed by atoms with E-state index in [1.54, 1.807) is 0 Å². The third kappa shape index (κ3) is 11.7. The Bertz CT molecular complexity index is 4940. The van der Waals surface area contributed by atoms with Gasteiger partial charge >= 0.3 is 0 Å². The predicted molar refractivity (Wildman–Crippen MR) is 414 cm³/mol. The topological polar surface area (TPSA) is 44.8 Å². The maximum Gasteiger partial charge on any atom is 0.126 e. The highest BCUT2D eigenvalue weighted by molar-refractivity contribution is 7.72. The van der Waals surface area contributed by atoms with Crippen molar-refractivity contribution in [3.8, 4) is 0 Å². The fourth-order valence-corrected chi connectivity index (χ4v) is 22.3. The minimum Gasteiger partial charge on any atom is -0.323 e. The summed E-state index contributed by atoms with van der Waals surface area (Å²) in [6.45, 7) is 13.5. The van der Waals surface area contributed by atoms with E-state index in [1.807, 2.05) is 0 Å². The molecule has 0 atom stereocenters. The van der Waals surface area contributed by atoms with Crippen LogP contribution in [0.15, 0.2) is 218 Å². The SMILES string of the molecule is CCCN(CCCl)[Si](C)(C)C.Cn1c2ccc3ccccc3c2c2c3ccccc3ccc2n(C)p1CCNCCp1n(C)c2ccc3ccccc3c2c2c3ccccc3ccc2n1C.Cn1c2ccc3ccccc3c2c2c3ccccc3ccc2n(C)p1Cl. The van der Waals surface area contributed by atoms with E-state index >= 15 is 0 Å². The molecule has 0 spiro atoms. The maximum atomic E-state index is 6.90. The van der Waals surface area contributed by atoms with E-state index in [1.165, 1.54) is 143 Å². The quantitative estimate of drug-likeness (QED) is 0.0797. The van der Waals surface area contributed by atoms with Crippen molar-refractivity contribution in [1.82, 2.24) is 35.9 Å². The number of rotatable bonds is 11. The average Bonchev–Trinajstić information content (AvgIpc) is 1.49. The minimum atomic E-state index is -1.08. The zero-order valence-corrected chi connectivity index (χ0v) is 59.9. The Kier molecular flexibility index (Phi) is 18.5. The van der Waals surface area contributed by atoms with Gasteiger partial charge < -0.3 is 35.9 Å². The van der Waals surface area contributed by atoms with Gasteiger partial charge in [0, 0.05) is 128 Å². The van der Waals surface area contributed by atoms with Crippen LogP contribution in [0.2, 0.25) is 19.6 Å². The van der Waals surface area contributed by atoms with Crippen molar-refractivity contribution in [2.45, 2.75) is 45.3 Å². The highest BCUT2D eigenvalue weighted by atomic mass is 35.7. The first kappa shape index (κ1) is 63.4. The smallest absolute Gasteiger partial charge is 0.126 e. The van der Waals surface area contributed by atoms with Crippen LogP contribution < -0.4 is 5.32 Å². The molecule has 0 saturated heterocycles. The summed E-state index contributed by atoms with van der Waals surface area (Å²) in [5, 5.41) is 27.3. The van der Waals surface area contributed by atoms with Gasteiger partial charge in [-0.15, -0.1) is 11.6 Å². The fraction of sp³-hybridized carbons (Fsp3) is 0.231. The molecule has 0 aliphatic carbocycles. The van der Waals surface area contributed by atoms with Gasteiger partial charge in [-0.3, -0.25) is 0 Å². The number of aromatic nitrogens is 6. The predicted octanol–water partition coefficient (Wildman–Crippen LogP) is 22.6. The summed E-state index contributed by atoms with van der Waals surface area (Å²) in [6, 6.07) is 80.2. The number of aryl methyl sites for hydroxylation is 6. The van der Waals surface area contributed by atoms with Crippen LogP contribution in [0.1, 0.15) is 13.3 Å². The van der Waals surface area contributed by atoms with Gasteiger partial charge in [-0.25, -0.2) is 0 Å². The monoisotopic (exact) mass is 1320 g/mol. The number of halogens is 2. The first-order valence-corrected chi connectivity index (χ1v) is 41.2. The molecule has 92 heavy (non-hydrogen) atoms. The van der Waals surface area contributed by atoms with Crippen LogP contribution in [0.4, 0.5) is 0 Å². The van der Waals surface area contributed by atoms with Crippen molar-refractivity contribution in [3.63, 3.8) is 0 Å². The van der Waals surface area contributed by atoms with E-state index in [0.29, 0.717) is 0 Å². The lowest BCUT2D eigenvalue weighted by Crippen LogP contribution is -2.47. The van der Waals surface area contributed by atoms with Crippen molar-refractivity contribution in [2.24, 2.45) is 42.3 Å². The number of nitrogens with one attached hydrogen (secondary N) is 1. The molecule has 0 aliphatic heterocycles. The molecule has 468 valence electrons. The van der Waals surface area contributed by atoms with Gasteiger partial charge in [-0.2, -0.15) is 0 Å².